The van der Waals surface area contributed by atoms with Crippen LogP contribution in [0.5, 0.6) is 5.75 Å². The molecule has 21 heavy (non-hydrogen) atoms. The number of hydrogen-bond acceptors (Lipinski definition) is 3. The van der Waals surface area contributed by atoms with Crippen LogP contribution < -0.4 is 4.74 Å². The highest BCUT2D eigenvalue weighted by atomic mass is 127. The third-order valence-corrected chi connectivity index (χ3v) is 5.34. The van der Waals surface area contributed by atoms with Crippen molar-refractivity contribution < 1.29 is 4.74 Å². The van der Waals surface area contributed by atoms with E-state index in [-0.39, 0.29) is 0 Å². The van der Waals surface area contributed by atoms with E-state index in [2.05, 4.69) is 39.7 Å². The number of nitrogens with zero attached hydrogens (tertiary/aromatic N) is 1. The molecule has 0 saturated carbocycles. The first-order chi connectivity index (χ1) is 10.2. The number of hydrogen-bond donors (Lipinski definition) is 0. The van der Waals surface area contributed by atoms with Gasteiger partial charge in [-0.15, -0.1) is 11.8 Å². The summed E-state index contributed by atoms with van der Waals surface area (Å²) in [5, 5.41) is 1.87. The van der Waals surface area contributed by atoms with Crippen molar-refractivity contribution in [3.05, 3.63) is 62.2 Å². The first-order valence-corrected chi connectivity index (χ1v) is 9.01. The van der Waals surface area contributed by atoms with Gasteiger partial charge in [-0.1, -0.05) is 29.8 Å². The van der Waals surface area contributed by atoms with Crippen LogP contribution in [0.2, 0.25) is 5.02 Å². The predicted molar refractivity (Wildman–Crippen MR) is 98.8 cm³/mol. The molecule has 0 radical (unpaired) electrons. The molecular formula is C16H13ClINOS. The van der Waals surface area contributed by atoms with E-state index in [4.69, 9.17) is 16.3 Å². The third kappa shape index (κ3) is 3.73. The molecule has 1 aliphatic heterocycles. The molecule has 108 valence electrons. The van der Waals surface area contributed by atoms with Gasteiger partial charge in [0, 0.05) is 28.4 Å². The third-order valence-electron chi connectivity index (χ3n) is 3.11. The second-order valence-electron chi connectivity index (χ2n) is 4.56. The average Bonchev–Trinajstić information content (AvgIpc) is 3.02. The lowest BCUT2D eigenvalue weighted by atomic mass is 10.2. The Morgan fingerprint density at radius 3 is 2.81 bits per heavy atom. The molecule has 0 unspecified atom stereocenters. The van der Waals surface area contributed by atoms with Crippen LogP contribution in [-0.2, 0) is 6.61 Å². The Kier molecular flexibility index (Phi) is 5.08. The molecule has 1 heterocycles. The van der Waals surface area contributed by atoms with Gasteiger partial charge in [-0.25, -0.2) is 0 Å². The summed E-state index contributed by atoms with van der Waals surface area (Å²) in [7, 11) is 0. The van der Waals surface area contributed by atoms with Gasteiger partial charge in [0.15, 0.2) is 0 Å². The van der Waals surface area contributed by atoms with Crippen LogP contribution in [0.15, 0.2) is 47.5 Å². The van der Waals surface area contributed by atoms with Crippen molar-refractivity contribution in [1.29, 1.82) is 0 Å². The molecule has 5 heteroatoms. The maximum Gasteiger partial charge on any atom is 0.133 e. The van der Waals surface area contributed by atoms with Crippen LogP contribution in [0.25, 0.3) is 0 Å². The zero-order chi connectivity index (χ0) is 14.7. The van der Waals surface area contributed by atoms with Crippen molar-refractivity contribution in [2.45, 2.75) is 6.61 Å². The molecule has 1 aliphatic rings. The molecule has 2 aromatic carbocycles. The summed E-state index contributed by atoms with van der Waals surface area (Å²) < 4.78 is 6.97. The van der Waals surface area contributed by atoms with E-state index < -0.39 is 0 Å². The molecule has 0 fully saturated rings. The Morgan fingerprint density at radius 2 is 2.10 bits per heavy atom. The lowest BCUT2D eigenvalue weighted by Crippen LogP contribution is -1.99. The normalized spacial score (nSPS) is 14.1. The minimum absolute atomic E-state index is 0.477. The lowest BCUT2D eigenvalue weighted by Gasteiger charge is -2.10. The highest BCUT2D eigenvalue weighted by Crippen LogP contribution is 2.27. The first kappa shape index (κ1) is 15.2. The summed E-state index contributed by atoms with van der Waals surface area (Å²) in [6.45, 7) is 1.39. The zero-order valence-electron chi connectivity index (χ0n) is 11.2. The summed E-state index contributed by atoms with van der Waals surface area (Å²) in [6.07, 6.45) is 0. The Morgan fingerprint density at radius 1 is 1.24 bits per heavy atom. The maximum absolute atomic E-state index is 6.14. The van der Waals surface area contributed by atoms with Gasteiger partial charge in [0.05, 0.1) is 8.61 Å². The molecule has 3 rings (SSSR count). The second-order valence-corrected chi connectivity index (χ2v) is 7.21. The Hall–Kier alpha value is -0.720. The highest BCUT2D eigenvalue weighted by Gasteiger charge is 2.12. The van der Waals surface area contributed by atoms with Crippen LogP contribution in [-0.4, -0.2) is 17.3 Å². The van der Waals surface area contributed by atoms with Gasteiger partial charge in [-0.2, -0.15) is 0 Å². The number of rotatable bonds is 4. The van der Waals surface area contributed by atoms with E-state index in [1.165, 1.54) is 5.56 Å². The van der Waals surface area contributed by atoms with Crippen LogP contribution in [0.3, 0.4) is 0 Å². The fraction of sp³-hybridized carbons (Fsp3) is 0.188. The van der Waals surface area contributed by atoms with E-state index in [9.17, 15) is 0 Å². The predicted octanol–water partition coefficient (Wildman–Crippen LogP) is 5.02. The summed E-state index contributed by atoms with van der Waals surface area (Å²) in [4.78, 5) is 4.50. The van der Waals surface area contributed by atoms with Crippen LogP contribution in [0.1, 0.15) is 11.1 Å². The summed E-state index contributed by atoms with van der Waals surface area (Å²) in [5.74, 6) is 1.96. The Bertz CT molecular complexity index is 690. The molecule has 0 bridgehead atoms. The van der Waals surface area contributed by atoms with Crippen LogP contribution in [0, 0.1) is 3.57 Å². The van der Waals surface area contributed by atoms with Gasteiger partial charge in [0.1, 0.15) is 12.4 Å². The summed E-state index contributed by atoms with van der Waals surface area (Å²) in [5.41, 5.74) is 2.17. The van der Waals surface area contributed by atoms with Crippen LogP contribution >= 0.6 is 46.0 Å². The van der Waals surface area contributed by atoms with Crippen molar-refractivity contribution in [2.75, 3.05) is 12.3 Å². The second kappa shape index (κ2) is 7.03. The van der Waals surface area contributed by atoms with E-state index in [1.54, 1.807) is 0 Å². The Balaban J connectivity index is 1.73. The first-order valence-electron chi connectivity index (χ1n) is 6.57. The van der Waals surface area contributed by atoms with Gasteiger partial charge in [0.25, 0.3) is 0 Å². The topological polar surface area (TPSA) is 21.6 Å². The average molecular weight is 430 g/mol. The standard InChI is InChI=1S/C16H13ClINOS/c17-13-4-2-1-3-12(13)10-20-15-6-5-11(9-14(15)18)16-19-7-8-21-16/h1-6,9H,7-8,10H2. The summed E-state index contributed by atoms with van der Waals surface area (Å²) in [6, 6.07) is 14.0. The smallest absolute Gasteiger partial charge is 0.133 e. The molecule has 2 nitrogen and oxygen atoms in total. The van der Waals surface area contributed by atoms with Crippen molar-refractivity contribution in [3.8, 4) is 5.75 Å². The monoisotopic (exact) mass is 429 g/mol. The van der Waals surface area contributed by atoms with Crippen molar-refractivity contribution in [2.24, 2.45) is 4.99 Å². The number of benzene rings is 2. The van der Waals surface area contributed by atoms with Crippen LogP contribution in [0.4, 0.5) is 0 Å². The number of thioether (sulfide) groups is 1. The molecule has 0 N–H and O–H groups in total. The van der Waals surface area contributed by atoms with Crippen molar-refractivity contribution >= 4 is 51.0 Å². The van der Waals surface area contributed by atoms with Gasteiger partial charge < -0.3 is 4.74 Å². The SMILES string of the molecule is Clc1ccccc1COc1ccc(C2=NCCS2)cc1I. The lowest BCUT2D eigenvalue weighted by molar-refractivity contribution is 0.304. The van der Waals surface area contributed by atoms with Gasteiger partial charge in [-0.3, -0.25) is 4.99 Å². The van der Waals surface area contributed by atoms with E-state index in [0.717, 1.165) is 37.2 Å². The largest absolute Gasteiger partial charge is 0.488 e. The molecular weight excluding hydrogens is 417 g/mol. The fourth-order valence-corrected chi connectivity index (χ4v) is 3.75. The highest BCUT2D eigenvalue weighted by molar-refractivity contribution is 14.1. The van der Waals surface area contributed by atoms with Gasteiger partial charge in [0.2, 0.25) is 0 Å². The van der Waals surface area contributed by atoms with E-state index >= 15 is 0 Å². The quantitative estimate of drug-likeness (QED) is 0.637. The molecule has 0 aliphatic carbocycles. The van der Waals surface area contributed by atoms with E-state index in [1.807, 2.05) is 42.1 Å². The van der Waals surface area contributed by atoms with Crippen molar-refractivity contribution in [3.63, 3.8) is 0 Å². The number of ether oxygens (including phenoxy) is 1. The minimum Gasteiger partial charge on any atom is -0.488 e. The maximum atomic E-state index is 6.14. The molecule has 0 amide bonds. The molecule has 2 aromatic rings. The number of aliphatic imine (C=N–C) groups is 1. The molecule has 0 saturated heterocycles. The van der Waals surface area contributed by atoms with Gasteiger partial charge >= 0.3 is 0 Å². The molecule has 0 aromatic heterocycles. The van der Waals surface area contributed by atoms with E-state index in [0.29, 0.717) is 6.61 Å². The molecule has 0 spiro atoms. The van der Waals surface area contributed by atoms with Gasteiger partial charge in [-0.05, 0) is 46.9 Å². The fourth-order valence-electron chi connectivity index (χ4n) is 2.03. The minimum atomic E-state index is 0.477. The summed E-state index contributed by atoms with van der Waals surface area (Å²) >= 11 is 10.3. The number of halogens is 2. The van der Waals surface area contributed by atoms with Crippen molar-refractivity contribution in [1.82, 2.24) is 0 Å². The Labute approximate surface area is 147 Å². The molecule has 0 atom stereocenters. The zero-order valence-corrected chi connectivity index (χ0v) is 14.9.